The van der Waals surface area contributed by atoms with Crippen LogP contribution in [0.5, 0.6) is 0 Å². The Bertz CT molecular complexity index is 586. The molecular formula is C14H19N5O4. The summed E-state index contributed by atoms with van der Waals surface area (Å²) in [5, 5.41) is 6.06. The SMILES string of the molecule is COC(=O)C(N)CCCNC(=O)OCc1ccccc1N=[N+]=[N-]. The van der Waals surface area contributed by atoms with Crippen LogP contribution in [0, 0.1) is 0 Å². The number of carbonyl (C=O) groups excluding carboxylic acids is 2. The maximum Gasteiger partial charge on any atom is 0.407 e. The van der Waals surface area contributed by atoms with Gasteiger partial charge in [-0.25, -0.2) is 4.79 Å². The average Bonchev–Trinajstić information content (AvgIpc) is 2.57. The molecule has 0 fully saturated rings. The van der Waals surface area contributed by atoms with Crippen molar-refractivity contribution < 1.29 is 19.1 Å². The van der Waals surface area contributed by atoms with E-state index in [0.29, 0.717) is 30.6 Å². The Labute approximate surface area is 133 Å². The Balaban J connectivity index is 2.30. The molecule has 1 aromatic carbocycles. The van der Waals surface area contributed by atoms with E-state index < -0.39 is 18.1 Å². The maximum absolute atomic E-state index is 11.6. The normalized spacial score (nSPS) is 11.0. The molecule has 9 nitrogen and oxygen atoms in total. The summed E-state index contributed by atoms with van der Waals surface area (Å²) in [5.74, 6) is -0.484. The number of hydrogen-bond donors (Lipinski definition) is 2. The summed E-state index contributed by atoms with van der Waals surface area (Å²) in [5.41, 5.74) is 15.0. The van der Waals surface area contributed by atoms with Crippen molar-refractivity contribution in [3.05, 3.63) is 40.3 Å². The lowest BCUT2D eigenvalue weighted by Gasteiger charge is -2.10. The van der Waals surface area contributed by atoms with E-state index in [1.165, 1.54) is 7.11 Å². The van der Waals surface area contributed by atoms with Gasteiger partial charge in [0.25, 0.3) is 0 Å². The molecule has 9 heteroatoms. The van der Waals surface area contributed by atoms with Gasteiger partial charge < -0.3 is 20.5 Å². The predicted octanol–water partition coefficient (Wildman–Crippen LogP) is 2.14. The number of nitrogens with one attached hydrogen (secondary N) is 1. The van der Waals surface area contributed by atoms with Crippen LogP contribution in [-0.2, 0) is 20.9 Å². The highest BCUT2D eigenvalue weighted by Crippen LogP contribution is 2.19. The van der Waals surface area contributed by atoms with Crippen molar-refractivity contribution in [1.82, 2.24) is 5.32 Å². The highest BCUT2D eigenvalue weighted by atomic mass is 16.5. The number of alkyl carbamates (subject to hydrolysis) is 1. The van der Waals surface area contributed by atoms with Crippen LogP contribution >= 0.6 is 0 Å². The van der Waals surface area contributed by atoms with Crippen LogP contribution in [0.25, 0.3) is 10.4 Å². The topological polar surface area (TPSA) is 139 Å². The van der Waals surface area contributed by atoms with E-state index in [2.05, 4.69) is 20.1 Å². The van der Waals surface area contributed by atoms with Crippen LogP contribution in [0.15, 0.2) is 29.4 Å². The van der Waals surface area contributed by atoms with Gasteiger partial charge >= 0.3 is 12.1 Å². The Morgan fingerprint density at radius 1 is 1.43 bits per heavy atom. The number of esters is 1. The second kappa shape index (κ2) is 10.0. The summed E-state index contributed by atoms with van der Waals surface area (Å²) < 4.78 is 9.53. The van der Waals surface area contributed by atoms with Gasteiger partial charge in [-0.1, -0.05) is 29.4 Å². The molecule has 1 rings (SSSR count). The summed E-state index contributed by atoms with van der Waals surface area (Å²) in [4.78, 5) is 25.4. The summed E-state index contributed by atoms with van der Waals surface area (Å²) in [6, 6.07) is 6.10. The number of amides is 1. The second-order valence-electron chi connectivity index (χ2n) is 4.59. The monoisotopic (exact) mass is 321 g/mol. The number of azide groups is 1. The molecule has 3 N–H and O–H groups in total. The van der Waals surface area contributed by atoms with Crippen molar-refractivity contribution in [2.75, 3.05) is 13.7 Å². The molecule has 124 valence electrons. The lowest BCUT2D eigenvalue weighted by Crippen LogP contribution is -2.33. The molecule has 0 saturated heterocycles. The van der Waals surface area contributed by atoms with Crippen molar-refractivity contribution in [1.29, 1.82) is 0 Å². The van der Waals surface area contributed by atoms with Gasteiger partial charge in [-0.05, 0) is 23.9 Å². The van der Waals surface area contributed by atoms with Gasteiger partial charge in [0.2, 0.25) is 0 Å². The molecule has 1 unspecified atom stereocenters. The number of rotatable bonds is 8. The molecule has 0 aliphatic rings. The lowest BCUT2D eigenvalue weighted by atomic mass is 10.2. The smallest absolute Gasteiger partial charge is 0.407 e. The second-order valence-corrected chi connectivity index (χ2v) is 4.59. The summed E-state index contributed by atoms with van der Waals surface area (Å²) in [6.45, 7) is 0.310. The standard InChI is InChI=1S/C14H19N5O4/c1-22-13(20)11(15)6-4-8-17-14(21)23-9-10-5-2-3-7-12(10)18-19-16/h2-3,5,7,11H,4,6,8-9,15H2,1H3,(H,17,21). The van der Waals surface area contributed by atoms with Crippen LogP contribution in [-0.4, -0.2) is 31.8 Å². The van der Waals surface area contributed by atoms with Crippen LogP contribution < -0.4 is 11.1 Å². The molecule has 0 heterocycles. The third kappa shape index (κ3) is 6.68. The fourth-order valence-electron chi connectivity index (χ4n) is 1.75. The summed E-state index contributed by atoms with van der Waals surface area (Å²) in [7, 11) is 1.27. The third-order valence-corrected chi connectivity index (χ3v) is 2.97. The fraction of sp³-hybridized carbons (Fsp3) is 0.429. The summed E-state index contributed by atoms with van der Waals surface area (Å²) in [6.07, 6.45) is 0.306. The number of methoxy groups -OCH3 is 1. The Morgan fingerprint density at radius 3 is 2.87 bits per heavy atom. The maximum atomic E-state index is 11.6. The van der Waals surface area contributed by atoms with E-state index in [9.17, 15) is 9.59 Å². The van der Waals surface area contributed by atoms with E-state index >= 15 is 0 Å². The van der Waals surface area contributed by atoms with Crippen LogP contribution in [0.1, 0.15) is 18.4 Å². The van der Waals surface area contributed by atoms with Crippen molar-refractivity contribution >= 4 is 17.7 Å². The minimum atomic E-state index is -0.700. The number of carbonyl (C=O) groups is 2. The van der Waals surface area contributed by atoms with E-state index in [4.69, 9.17) is 16.0 Å². The van der Waals surface area contributed by atoms with Crippen molar-refractivity contribution in [3.8, 4) is 0 Å². The highest BCUT2D eigenvalue weighted by molar-refractivity contribution is 5.75. The average molecular weight is 321 g/mol. The molecule has 0 bridgehead atoms. The first-order valence-corrected chi connectivity index (χ1v) is 6.95. The van der Waals surface area contributed by atoms with Crippen molar-refractivity contribution in [2.24, 2.45) is 10.8 Å². The zero-order valence-electron chi connectivity index (χ0n) is 12.8. The molecule has 0 aromatic heterocycles. The fourth-order valence-corrected chi connectivity index (χ4v) is 1.75. The minimum Gasteiger partial charge on any atom is -0.468 e. The minimum absolute atomic E-state index is 0.0112. The lowest BCUT2D eigenvalue weighted by molar-refractivity contribution is -0.142. The van der Waals surface area contributed by atoms with E-state index in [1.807, 2.05) is 0 Å². The molecule has 1 aromatic rings. The van der Waals surface area contributed by atoms with Crippen molar-refractivity contribution in [3.63, 3.8) is 0 Å². The summed E-state index contributed by atoms with van der Waals surface area (Å²) >= 11 is 0. The third-order valence-electron chi connectivity index (χ3n) is 2.97. The first kappa shape index (κ1) is 18.3. The first-order valence-electron chi connectivity index (χ1n) is 6.95. The molecule has 0 aliphatic carbocycles. The van der Waals surface area contributed by atoms with Crippen LogP contribution in [0.3, 0.4) is 0 Å². The van der Waals surface area contributed by atoms with Gasteiger partial charge in [0.15, 0.2) is 0 Å². The molecule has 0 radical (unpaired) electrons. The van der Waals surface area contributed by atoms with Gasteiger partial charge in [-0.2, -0.15) is 0 Å². The van der Waals surface area contributed by atoms with Crippen molar-refractivity contribution in [2.45, 2.75) is 25.5 Å². The zero-order chi connectivity index (χ0) is 17.1. The first-order chi connectivity index (χ1) is 11.1. The van der Waals surface area contributed by atoms with Gasteiger partial charge in [0.1, 0.15) is 12.6 Å². The number of nitrogens with zero attached hydrogens (tertiary/aromatic N) is 3. The van der Waals surface area contributed by atoms with E-state index in [-0.39, 0.29) is 6.61 Å². The van der Waals surface area contributed by atoms with Crippen LogP contribution in [0.2, 0.25) is 0 Å². The van der Waals surface area contributed by atoms with Gasteiger partial charge in [0.05, 0.1) is 7.11 Å². The molecule has 1 amide bonds. The quantitative estimate of drug-likeness (QED) is 0.248. The van der Waals surface area contributed by atoms with Crippen LogP contribution in [0.4, 0.5) is 10.5 Å². The largest absolute Gasteiger partial charge is 0.468 e. The Hall–Kier alpha value is -2.77. The number of ether oxygens (including phenoxy) is 2. The van der Waals surface area contributed by atoms with Gasteiger partial charge in [-0.3, -0.25) is 4.79 Å². The Morgan fingerprint density at radius 2 is 2.17 bits per heavy atom. The van der Waals surface area contributed by atoms with E-state index in [0.717, 1.165) is 0 Å². The highest BCUT2D eigenvalue weighted by Gasteiger charge is 2.13. The number of nitrogens with two attached hydrogens (primary N) is 1. The molecule has 0 aliphatic heterocycles. The molecule has 1 atom stereocenters. The Kier molecular flexibility index (Phi) is 7.98. The van der Waals surface area contributed by atoms with E-state index in [1.54, 1.807) is 24.3 Å². The molecule has 0 saturated carbocycles. The molecular weight excluding hydrogens is 302 g/mol. The number of benzene rings is 1. The van der Waals surface area contributed by atoms with Gasteiger partial charge in [0, 0.05) is 17.1 Å². The molecule has 0 spiro atoms. The predicted molar refractivity (Wildman–Crippen MR) is 82.7 cm³/mol. The zero-order valence-corrected chi connectivity index (χ0v) is 12.8. The van der Waals surface area contributed by atoms with Gasteiger partial charge in [-0.15, -0.1) is 0 Å². The number of hydrogen-bond acceptors (Lipinski definition) is 6. The molecule has 23 heavy (non-hydrogen) atoms.